The summed E-state index contributed by atoms with van der Waals surface area (Å²) in [6, 6.07) is 55.0. The van der Waals surface area contributed by atoms with Gasteiger partial charge < -0.3 is 8.98 Å². The van der Waals surface area contributed by atoms with E-state index in [2.05, 4.69) is 102 Å². The van der Waals surface area contributed by atoms with Crippen molar-refractivity contribution in [3.8, 4) is 39.9 Å². The van der Waals surface area contributed by atoms with Crippen LogP contribution in [0.2, 0.25) is 0 Å². The van der Waals surface area contributed by atoms with Crippen molar-refractivity contribution in [2.75, 3.05) is 0 Å². The van der Waals surface area contributed by atoms with Gasteiger partial charge in [0.25, 0.3) is 0 Å². The molecule has 0 aliphatic heterocycles. The van der Waals surface area contributed by atoms with Gasteiger partial charge >= 0.3 is 0 Å². The van der Waals surface area contributed by atoms with Crippen LogP contribution in [0, 0.1) is 0 Å². The van der Waals surface area contributed by atoms with E-state index in [9.17, 15) is 0 Å². The van der Waals surface area contributed by atoms with Gasteiger partial charge in [-0.1, -0.05) is 103 Å². The zero-order valence-electron chi connectivity index (χ0n) is 27.1. The third-order valence-electron chi connectivity index (χ3n) is 9.84. The summed E-state index contributed by atoms with van der Waals surface area (Å²) in [6.07, 6.45) is 0. The fourth-order valence-electron chi connectivity index (χ4n) is 7.45. The number of thiophene rings is 1. The lowest BCUT2D eigenvalue weighted by Gasteiger charge is -2.08. The first kappa shape index (κ1) is 28.2. The summed E-state index contributed by atoms with van der Waals surface area (Å²) in [6.45, 7) is 0. The fourth-order valence-corrected chi connectivity index (χ4v) is 8.56. The van der Waals surface area contributed by atoms with E-state index in [0.717, 1.165) is 44.3 Å². The summed E-state index contributed by atoms with van der Waals surface area (Å²) >= 11 is 1.82. The van der Waals surface area contributed by atoms with Crippen molar-refractivity contribution in [1.82, 2.24) is 19.5 Å². The summed E-state index contributed by atoms with van der Waals surface area (Å²) in [5.41, 5.74) is 7.99. The minimum atomic E-state index is 0.606. The van der Waals surface area contributed by atoms with Crippen molar-refractivity contribution < 1.29 is 4.42 Å². The second-order valence-corrected chi connectivity index (χ2v) is 13.9. The normalized spacial score (nSPS) is 11.9. The number of hydrogen-bond acceptors (Lipinski definition) is 5. The average molecular weight is 671 g/mol. The summed E-state index contributed by atoms with van der Waals surface area (Å²) in [4.78, 5) is 14.7. The van der Waals surface area contributed by atoms with Crippen LogP contribution < -0.4 is 0 Å². The lowest BCUT2D eigenvalue weighted by Crippen LogP contribution is -2.00. The van der Waals surface area contributed by atoms with Crippen LogP contribution in [0.15, 0.2) is 162 Å². The molecule has 0 aliphatic rings. The fraction of sp³-hybridized carbons (Fsp3) is 0. The predicted octanol–water partition coefficient (Wildman–Crippen LogP) is 12.2. The quantitative estimate of drug-likeness (QED) is 0.187. The molecule has 4 heterocycles. The molecule has 6 heteroatoms. The van der Waals surface area contributed by atoms with Gasteiger partial charge in [0.15, 0.2) is 17.5 Å². The molecule has 0 spiro atoms. The lowest BCUT2D eigenvalue weighted by molar-refractivity contribution is 0.669. The molecule has 0 atom stereocenters. The molecule has 7 aromatic carbocycles. The van der Waals surface area contributed by atoms with E-state index in [1.165, 1.54) is 42.0 Å². The second-order valence-electron chi connectivity index (χ2n) is 12.8. The van der Waals surface area contributed by atoms with Gasteiger partial charge in [0, 0.05) is 64.1 Å². The van der Waals surface area contributed by atoms with Gasteiger partial charge in [-0.25, -0.2) is 15.0 Å². The Morgan fingerprint density at radius 1 is 0.392 bits per heavy atom. The van der Waals surface area contributed by atoms with E-state index in [1.54, 1.807) is 0 Å². The van der Waals surface area contributed by atoms with Crippen LogP contribution in [0.4, 0.5) is 0 Å². The van der Waals surface area contributed by atoms with E-state index in [4.69, 9.17) is 19.4 Å². The van der Waals surface area contributed by atoms with Crippen LogP contribution in [0.5, 0.6) is 0 Å². The summed E-state index contributed by atoms with van der Waals surface area (Å²) in [5, 5.41) is 7.11. The molecular formula is C45H26N4OS. The zero-order chi connectivity index (χ0) is 33.5. The van der Waals surface area contributed by atoms with E-state index in [0.29, 0.717) is 17.5 Å². The van der Waals surface area contributed by atoms with Crippen molar-refractivity contribution in [3.63, 3.8) is 0 Å². The highest BCUT2D eigenvalue weighted by Crippen LogP contribution is 2.42. The summed E-state index contributed by atoms with van der Waals surface area (Å²) < 4.78 is 11.5. The molecule has 0 fully saturated rings. The number of benzene rings is 7. The molecule has 11 rings (SSSR count). The van der Waals surface area contributed by atoms with Crippen molar-refractivity contribution >= 4 is 75.3 Å². The Kier molecular flexibility index (Phi) is 6.05. The van der Waals surface area contributed by atoms with E-state index >= 15 is 0 Å². The molecule has 0 radical (unpaired) electrons. The monoisotopic (exact) mass is 670 g/mol. The number of aromatic nitrogens is 4. The maximum Gasteiger partial charge on any atom is 0.164 e. The van der Waals surface area contributed by atoms with Crippen molar-refractivity contribution in [2.45, 2.75) is 0 Å². The summed E-state index contributed by atoms with van der Waals surface area (Å²) in [7, 11) is 0. The number of rotatable bonds is 4. The van der Waals surface area contributed by atoms with Crippen LogP contribution in [-0.4, -0.2) is 19.5 Å². The van der Waals surface area contributed by atoms with E-state index in [-0.39, 0.29) is 0 Å². The first-order chi connectivity index (χ1) is 25.2. The van der Waals surface area contributed by atoms with Gasteiger partial charge in [-0.15, -0.1) is 11.3 Å². The maximum atomic E-state index is 6.62. The maximum absolute atomic E-state index is 6.62. The average Bonchev–Trinajstić information content (AvgIpc) is 3.85. The van der Waals surface area contributed by atoms with Crippen molar-refractivity contribution in [3.05, 3.63) is 158 Å². The Morgan fingerprint density at radius 3 is 1.63 bits per heavy atom. The molecule has 0 aliphatic carbocycles. The Labute approximate surface area is 295 Å². The molecule has 0 unspecified atom stereocenters. The minimum absolute atomic E-state index is 0.606. The molecule has 11 aromatic rings. The van der Waals surface area contributed by atoms with Crippen LogP contribution >= 0.6 is 11.3 Å². The Morgan fingerprint density at radius 2 is 0.961 bits per heavy atom. The second kappa shape index (κ2) is 10.9. The van der Waals surface area contributed by atoms with Crippen LogP contribution in [0.25, 0.3) is 104 Å². The molecule has 0 saturated heterocycles. The van der Waals surface area contributed by atoms with E-state index < -0.39 is 0 Å². The van der Waals surface area contributed by atoms with Crippen LogP contribution in [0.1, 0.15) is 0 Å². The van der Waals surface area contributed by atoms with Gasteiger partial charge in [0.1, 0.15) is 11.2 Å². The van der Waals surface area contributed by atoms with Crippen LogP contribution in [0.3, 0.4) is 0 Å². The highest BCUT2D eigenvalue weighted by atomic mass is 32.1. The first-order valence-electron chi connectivity index (χ1n) is 16.9. The molecule has 0 bridgehead atoms. The Balaban J connectivity index is 1.06. The zero-order valence-corrected chi connectivity index (χ0v) is 27.9. The van der Waals surface area contributed by atoms with Crippen molar-refractivity contribution in [1.29, 1.82) is 0 Å². The lowest BCUT2D eigenvalue weighted by atomic mass is 10.1. The molecule has 0 amide bonds. The van der Waals surface area contributed by atoms with Gasteiger partial charge in [-0.2, -0.15) is 0 Å². The molecule has 4 aromatic heterocycles. The van der Waals surface area contributed by atoms with Gasteiger partial charge in [-0.05, 0) is 54.6 Å². The SMILES string of the molecule is c1ccc(-c2nc(-c3ccccc3)nc(-c3ccc4c(c3)oc3cc5c(cc34)sc3ccc(-n4c6ccccc6c6ccccc64)cc35)n2)cc1. The van der Waals surface area contributed by atoms with Gasteiger partial charge in [0.05, 0.1) is 11.0 Å². The topological polar surface area (TPSA) is 56.7 Å². The van der Waals surface area contributed by atoms with Crippen LogP contribution in [-0.2, 0) is 0 Å². The largest absolute Gasteiger partial charge is 0.456 e. The van der Waals surface area contributed by atoms with Gasteiger partial charge in [0.2, 0.25) is 0 Å². The third kappa shape index (κ3) is 4.43. The summed E-state index contributed by atoms with van der Waals surface area (Å²) in [5.74, 6) is 1.88. The molecular weight excluding hydrogens is 645 g/mol. The minimum Gasteiger partial charge on any atom is -0.456 e. The van der Waals surface area contributed by atoms with Crippen molar-refractivity contribution in [2.24, 2.45) is 0 Å². The number of nitrogens with zero attached hydrogens (tertiary/aromatic N) is 4. The van der Waals surface area contributed by atoms with Gasteiger partial charge in [-0.3, -0.25) is 0 Å². The predicted molar refractivity (Wildman–Crippen MR) is 211 cm³/mol. The standard InChI is InChI=1S/C45H26N4OS/c1-3-11-27(12-4-1)43-46-44(28-13-5-2-6-14-28)48-45(47-43)29-19-21-33-34-26-42-36(25-40(34)50-39(33)23-29)35-24-30(20-22-41(35)51-42)49-37-17-9-7-15-31(37)32-16-8-10-18-38(32)49/h1-26H. The first-order valence-corrected chi connectivity index (χ1v) is 17.8. The third-order valence-corrected chi connectivity index (χ3v) is 11.0. The van der Waals surface area contributed by atoms with E-state index in [1.807, 2.05) is 72.0 Å². The molecule has 5 nitrogen and oxygen atoms in total. The number of para-hydroxylation sites is 2. The molecule has 0 N–H and O–H groups in total. The Bertz CT molecular complexity index is 3030. The number of furan rings is 1. The number of fused-ring (bicyclic) bond motifs is 9. The molecule has 0 saturated carbocycles. The number of hydrogen-bond donors (Lipinski definition) is 0. The smallest absolute Gasteiger partial charge is 0.164 e. The highest BCUT2D eigenvalue weighted by Gasteiger charge is 2.18. The highest BCUT2D eigenvalue weighted by molar-refractivity contribution is 7.25. The Hall–Kier alpha value is -6.63. The molecule has 51 heavy (non-hydrogen) atoms. The molecule has 238 valence electrons.